The largest absolute Gasteiger partial charge is 0.468 e. The number of nitrogens with one attached hydrogen (secondary N) is 1. The van der Waals surface area contributed by atoms with Gasteiger partial charge >= 0.3 is 0 Å². The molecule has 1 aromatic heterocycles. The van der Waals surface area contributed by atoms with E-state index in [0.717, 1.165) is 19.4 Å². The molecule has 2 fully saturated rings. The predicted octanol–water partition coefficient (Wildman–Crippen LogP) is -0.433. The second-order valence-corrected chi connectivity index (χ2v) is 6.12. The number of aryl methyl sites for hydroxylation is 1. The Morgan fingerprint density at radius 1 is 1.36 bits per heavy atom. The fraction of sp³-hybridized carbons (Fsp3) is 0.688. The lowest BCUT2D eigenvalue weighted by molar-refractivity contribution is -0.137. The van der Waals surface area contributed by atoms with Gasteiger partial charge in [-0.1, -0.05) is 0 Å². The topological polar surface area (TPSA) is 94.9 Å². The first-order valence-corrected chi connectivity index (χ1v) is 8.55. The molecule has 138 valence electrons. The zero-order valence-electron chi connectivity index (χ0n) is 14.4. The summed E-state index contributed by atoms with van der Waals surface area (Å²) in [5.41, 5.74) is 0.259. The Bertz CT molecular complexity index is 606. The number of ether oxygens (including phenoxy) is 3. The van der Waals surface area contributed by atoms with Crippen molar-refractivity contribution in [2.75, 3.05) is 46.1 Å². The Kier molecular flexibility index (Phi) is 5.87. The summed E-state index contributed by atoms with van der Waals surface area (Å²) in [6, 6.07) is 1.54. The van der Waals surface area contributed by atoms with Gasteiger partial charge in [0, 0.05) is 39.4 Å². The van der Waals surface area contributed by atoms with E-state index in [1.54, 1.807) is 11.9 Å². The van der Waals surface area contributed by atoms with E-state index >= 15 is 0 Å². The first kappa shape index (κ1) is 17.7. The van der Waals surface area contributed by atoms with Crippen molar-refractivity contribution in [3.8, 4) is 5.88 Å². The van der Waals surface area contributed by atoms with Crippen molar-refractivity contribution in [1.82, 2.24) is 20.0 Å². The number of nitrogens with zero attached hydrogens (tertiary/aromatic N) is 3. The SMILES string of the molecule is Cn1nc(C(=O)NCC2CCCO2)cc1OCC(=O)N1CCOCC1. The number of carbonyl (C=O) groups is 2. The minimum absolute atomic E-state index is 0.0783. The molecule has 9 heteroatoms. The van der Waals surface area contributed by atoms with E-state index in [2.05, 4.69) is 10.4 Å². The molecule has 0 aromatic carbocycles. The maximum atomic E-state index is 12.2. The van der Waals surface area contributed by atoms with Gasteiger partial charge in [-0.25, -0.2) is 4.68 Å². The van der Waals surface area contributed by atoms with Crippen molar-refractivity contribution < 1.29 is 23.8 Å². The zero-order chi connectivity index (χ0) is 17.6. The van der Waals surface area contributed by atoms with Gasteiger partial charge in [0.05, 0.1) is 19.3 Å². The second-order valence-electron chi connectivity index (χ2n) is 6.12. The van der Waals surface area contributed by atoms with Crippen molar-refractivity contribution >= 4 is 11.8 Å². The highest BCUT2D eigenvalue weighted by atomic mass is 16.5. The first-order chi connectivity index (χ1) is 12.1. The molecule has 1 N–H and O–H groups in total. The maximum absolute atomic E-state index is 12.2. The Hall–Kier alpha value is -2.13. The molecule has 25 heavy (non-hydrogen) atoms. The molecule has 1 unspecified atom stereocenters. The van der Waals surface area contributed by atoms with Gasteiger partial charge in [-0.15, -0.1) is 0 Å². The van der Waals surface area contributed by atoms with Gasteiger partial charge in [0.2, 0.25) is 5.88 Å². The second kappa shape index (κ2) is 8.30. The summed E-state index contributed by atoms with van der Waals surface area (Å²) in [5, 5.41) is 6.95. The number of amides is 2. The predicted molar refractivity (Wildman–Crippen MR) is 87.4 cm³/mol. The van der Waals surface area contributed by atoms with Crippen LogP contribution in [0.1, 0.15) is 23.3 Å². The van der Waals surface area contributed by atoms with Crippen LogP contribution in [-0.2, 0) is 21.3 Å². The van der Waals surface area contributed by atoms with E-state index in [9.17, 15) is 9.59 Å². The molecule has 3 rings (SSSR count). The lowest BCUT2D eigenvalue weighted by Crippen LogP contribution is -2.43. The molecule has 2 aliphatic rings. The van der Waals surface area contributed by atoms with E-state index < -0.39 is 0 Å². The van der Waals surface area contributed by atoms with E-state index in [0.29, 0.717) is 38.7 Å². The van der Waals surface area contributed by atoms with E-state index in [1.165, 1.54) is 10.7 Å². The highest BCUT2D eigenvalue weighted by Crippen LogP contribution is 2.14. The molecule has 1 atom stereocenters. The minimum atomic E-state index is -0.277. The molecule has 0 bridgehead atoms. The molecule has 0 aliphatic carbocycles. The fourth-order valence-corrected chi connectivity index (χ4v) is 2.84. The van der Waals surface area contributed by atoms with Crippen LogP contribution in [0.15, 0.2) is 6.07 Å². The van der Waals surface area contributed by atoms with Gasteiger partial charge in [0.25, 0.3) is 11.8 Å². The van der Waals surface area contributed by atoms with Crippen LogP contribution >= 0.6 is 0 Å². The quantitative estimate of drug-likeness (QED) is 0.746. The van der Waals surface area contributed by atoms with Gasteiger partial charge < -0.3 is 24.4 Å². The molecule has 2 aliphatic heterocycles. The monoisotopic (exact) mass is 352 g/mol. The van der Waals surface area contributed by atoms with Gasteiger partial charge in [0.1, 0.15) is 0 Å². The number of aromatic nitrogens is 2. The van der Waals surface area contributed by atoms with Gasteiger partial charge in [0.15, 0.2) is 12.3 Å². The third-order valence-corrected chi connectivity index (χ3v) is 4.29. The average Bonchev–Trinajstić information content (AvgIpc) is 3.28. The standard InChI is InChI=1S/C16H24N4O5/c1-19-15(25-11-14(21)20-4-7-23-8-5-20)9-13(18-19)16(22)17-10-12-3-2-6-24-12/h9,12H,2-8,10-11H2,1H3,(H,17,22). The number of hydrogen-bond donors (Lipinski definition) is 1. The number of hydrogen-bond acceptors (Lipinski definition) is 6. The number of rotatable bonds is 6. The molecule has 1 aromatic rings. The molecular formula is C16H24N4O5. The molecule has 0 radical (unpaired) electrons. The molecule has 0 saturated carbocycles. The van der Waals surface area contributed by atoms with Crippen molar-refractivity contribution in [1.29, 1.82) is 0 Å². The first-order valence-electron chi connectivity index (χ1n) is 8.55. The minimum Gasteiger partial charge on any atom is -0.468 e. The summed E-state index contributed by atoms with van der Waals surface area (Å²) in [5.74, 6) is -0.00165. The summed E-state index contributed by atoms with van der Waals surface area (Å²) in [7, 11) is 1.67. The lowest BCUT2D eigenvalue weighted by Gasteiger charge is -2.26. The Morgan fingerprint density at radius 3 is 2.88 bits per heavy atom. The highest BCUT2D eigenvalue weighted by Gasteiger charge is 2.20. The molecule has 2 amide bonds. The van der Waals surface area contributed by atoms with E-state index in [1.807, 2.05) is 0 Å². The van der Waals surface area contributed by atoms with E-state index in [4.69, 9.17) is 14.2 Å². The van der Waals surface area contributed by atoms with Crippen LogP contribution in [0.5, 0.6) is 5.88 Å². The highest BCUT2D eigenvalue weighted by molar-refractivity contribution is 5.92. The zero-order valence-corrected chi connectivity index (χ0v) is 14.4. The van der Waals surface area contributed by atoms with Crippen LogP contribution in [0.4, 0.5) is 0 Å². The summed E-state index contributed by atoms with van der Waals surface area (Å²) in [6.07, 6.45) is 2.06. The third-order valence-electron chi connectivity index (χ3n) is 4.29. The third kappa shape index (κ3) is 4.70. The van der Waals surface area contributed by atoms with Crippen LogP contribution in [0.25, 0.3) is 0 Å². The van der Waals surface area contributed by atoms with Crippen molar-refractivity contribution in [2.24, 2.45) is 7.05 Å². The summed E-state index contributed by atoms with van der Waals surface area (Å²) in [4.78, 5) is 26.0. The lowest BCUT2D eigenvalue weighted by atomic mass is 10.2. The Labute approximate surface area is 146 Å². The molecule has 9 nitrogen and oxygen atoms in total. The van der Waals surface area contributed by atoms with Gasteiger partial charge in [-0.2, -0.15) is 5.10 Å². The molecule has 3 heterocycles. The van der Waals surface area contributed by atoms with Crippen LogP contribution in [0.3, 0.4) is 0 Å². The van der Waals surface area contributed by atoms with Gasteiger partial charge in [-0.3, -0.25) is 9.59 Å². The van der Waals surface area contributed by atoms with Crippen LogP contribution in [0, 0.1) is 0 Å². The smallest absolute Gasteiger partial charge is 0.272 e. The van der Waals surface area contributed by atoms with Crippen molar-refractivity contribution in [3.05, 3.63) is 11.8 Å². The van der Waals surface area contributed by atoms with Crippen LogP contribution in [0.2, 0.25) is 0 Å². The molecule has 2 saturated heterocycles. The summed E-state index contributed by atoms with van der Waals surface area (Å²) < 4.78 is 17.7. The maximum Gasteiger partial charge on any atom is 0.272 e. The Balaban J connectivity index is 1.49. The van der Waals surface area contributed by atoms with Crippen molar-refractivity contribution in [2.45, 2.75) is 18.9 Å². The molecular weight excluding hydrogens is 328 g/mol. The Morgan fingerprint density at radius 2 is 2.16 bits per heavy atom. The summed E-state index contributed by atoms with van der Waals surface area (Å²) >= 11 is 0. The number of morpholine rings is 1. The molecule has 0 spiro atoms. The van der Waals surface area contributed by atoms with Crippen LogP contribution in [-0.4, -0.2) is 78.7 Å². The van der Waals surface area contributed by atoms with Crippen molar-refractivity contribution in [3.63, 3.8) is 0 Å². The fourth-order valence-electron chi connectivity index (χ4n) is 2.84. The van der Waals surface area contributed by atoms with E-state index in [-0.39, 0.29) is 30.2 Å². The normalized spacial score (nSPS) is 20.5. The number of carbonyl (C=O) groups excluding carboxylic acids is 2. The summed E-state index contributed by atoms with van der Waals surface area (Å²) in [6.45, 7) is 3.38. The van der Waals surface area contributed by atoms with Gasteiger partial charge in [-0.05, 0) is 12.8 Å². The van der Waals surface area contributed by atoms with Crippen LogP contribution < -0.4 is 10.1 Å². The average molecular weight is 352 g/mol.